The first-order chi connectivity index (χ1) is 14.7. The van der Waals surface area contributed by atoms with Crippen molar-refractivity contribution in [2.45, 2.75) is 24.5 Å². The number of hydrogen-bond donors (Lipinski definition) is 1. The maximum absolute atomic E-state index is 13.1. The van der Waals surface area contributed by atoms with Gasteiger partial charge in [0.2, 0.25) is 5.91 Å². The summed E-state index contributed by atoms with van der Waals surface area (Å²) in [6.07, 6.45) is 0.793. The zero-order valence-corrected chi connectivity index (χ0v) is 16.9. The largest absolute Gasteiger partial charge is 0.366 e. The number of urea groups is 1. The average Bonchev–Trinajstić information content (AvgIpc) is 2.76. The zero-order valence-electron chi connectivity index (χ0n) is 16.9. The number of piperidine rings is 1. The lowest BCUT2D eigenvalue weighted by molar-refractivity contribution is -0.139. The minimum Gasteiger partial charge on any atom is -0.366 e. The molecular weight excluding hydrogens is 378 g/mol. The number of likely N-dealkylation sites (tertiary alicyclic amines) is 2. The van der Waals surface area contributed by atoms with Crippen LogP contribution in [0.15, 0.2) is 60.7 Å². The summed E-state index contributed by atoms with van der Waals surface area (Å²) in [4.78, 5) is 28.5. The smallest absolute Gasteiger partial charge is 0.320 e. The van der Waals surface area contributed by atoms with E-state index >= 15 is 0 Å². The molecule has 3 heterocycles. The van der Waals surface area contributed by atoms with Gasteiger partial charge in [-0.05, 0) is 17.5 Å². The predicted molar refractivity (Wildman–Crippen MR) is 113 cm³/mol. The summed E-state index contributed by atoms with van der Waals surface area (Å²) in [5.41, 5.74) is 2.59. The van der Waals surface area contributed by atoms with Gasteiger partial charge < -0.3 is 19.9 Å². The molecule has 0 bridgehead atoms. The quantitative estimate of drug-likeness (QED) is 0.853. The number of morpholine rings is 1. The normalized spacial score (nSPS) is 24.2. The van der Waals surface area contributed by atoms with Crippen LogP contribution < -0.4 is 5.32 Å². The third-order valence-electron chi connectivity index (χ3n) is 6.56. The minimum absolute atomic E-state index is 0.0245. The Hall–Kier alpha value is -2.86. The van der Waals surface area contributed by atoms with Crippen molar-refractivity contribution in [2.75, 3.05) is 32.8 Å². The molecule has 1 N–H and O–H groups in total. The van der Waals surface area contributed by atoms with E-state index in [9.17, 15) is 9.59 Å². The van der Waals surface area contributed by atoms with E-state index in [-0.39, 0.29) is 36.6 Å². The van der Waals surface area contributed by atoms with Crippen molar-refractivity contribution in [2.24, 2.45) is 5.92 Å². The summed E-state index contributed by atoms with van der Waals surface area (Å²) in [5, 5.41) is 2.97. The molecule has 0 saturated carbocycles. The predicted octanol–water partition coefficient (Wildman–Crippen LogP) is 2.46. The number of amides is 3. The molecule has 30 heavy (non-hydrogen) atoms. The van der Waals surface area contributed by atoms with Crippen LogP contribution in [-0.4, -0.2) is 66.7 Å². The molecule has 2 aromatic carbocycles. The van der Waals surface area contributed by atoms with Crippen molar-refractivity contribution in [1.82, 2.24) is 15.1 Å². The summed E-state index contributed by atoms with van der Waals surface area (Å²) >= 11 is 0. The van der Waals surface area contributed by atoms with Crippen molar-refractivity contribution in [3.63, 3.8) is 0 Å². The Balaban J connectivity index is 1.25. The van der Waals surface area contributed by atoms with Crippen LogP contribution in [0.1, 0.15) is 23.5 Å². The molecule has 2 atom stereocenters. The topological polar surface area (TPSA) is 61.9 Å². The molecule has 6 nitrogen and oxygen atoms in total. The van der Waals surface area contributed by atoms with Crippen molar-refractivity contribution in [1.29, 1.82) is 0 Å². The van der Waals surface area contributed by atoms with Gasteiger partial charge in [-0.15, -0.1) is 0 Å². The van der Waals surface area contributed by atoms with E-state index in [2.05, 4.69) is 53.8 Å². The third kappa shape index (κ3) is 3.67. The number of nitrogens with one attached hydrogen (secondary N) is 1. The lowest BCUT2D eigenvalue weighted by Crippen LogP contribution is -2.64. The molecule has 0 radical (unpaired) electrons. The fourth-order valence-electron chi connectivity index (χ4n) is 5.01. The number of fused-ring (bicyclic) bond motifs is 1. The summed E-state index contributed by atoms with van der Waals surface area (Å²) in [5.74, 6) is 0.588. The standard InChI is InChI=1S/C24H27N3O3/c28-22-16-30-21-11-12-26(15-20(21)25-22)24(29)27-13-19(14-27)23(17-7-3-1-4-8-17)18-9-5-2-6-10-18/h1-10,19-21,23H,11-16H2,(H,25,28)/t20-,21+/m1/s1. The second kappa shape index (κ2) is 8.11. The lowest BCUT2D eigenvalue weighted by atomic mass is 9.77. The molecule has 3 saturated heterocycles. The molecule has 0 spiro atoms. The van der Waals surface area contributed by atoms with E-state index < -0.39 is 0 Å². The van der Waals surface area contributed by atoms with Gasteiger partial charge in [0.15, 0.2) is 0 Å². The first-order valence-corrected chi connectivity index (χ1v) is 10.7. The van der Waals surface area contributed by atoms with Gasteiger partial charge in [0.1, 0.15) is 6.61 Å². The maximum Gasteiger partial charge on any atom is 0.320 e. The Morgan fingerprint density at radius 3 is 2.20 bits per heavy atom. The van der Waals surface area contributed by atoms with E-state index in [0.717, 1.165) is 19.5 Å². The molecule has 0 aliphatic carbocycles. The highest BCUT2D eigenvalue weighted by molar-refractivity contribution is 5.79. The van der Waals surface area contributed by atoms with Crippen molar-refractivity contribution in [3.05, 3.63) is 71.8 Å². The van der Waals surface area contributed by atoms with E-state index in [1.807, 2.05) is 21.9 Å². The molecule has 2 aromatic rings. The van der Waals surface area contributed by atoms with Gasteiger partial charge in [-0.3, -0.25) is 4.79 Å². The average molecular weight is 405 g/mol. The highest BCUT2D eigenvalue weighted by Gasteiger charge is 2.42. The van der Waals surface area contributed by atoms with Crippen LogP contribution in [-0.2, 0) is 9.53 Å². The van der Waals surface area contributed by atoms with Crippen LogP contribution in [0, 0.1) is 5.92 Å². The van der Waals surface area contributed by atoms with Gasteiger partial charge in [-0.2, -0.15) is 0 Å². The molecule has 0 unspecified atom stereocenters. The van der Waals surface area contributed by atoms with E-state index in [1.54, 1.807) is 0 Å². The molecule has 3 fully saturated rings. The van der Waals surface area contributed by atoms with E-state index in [0.29, 0.717) is 19.0 Å². The van der Waals surface area contributed by atoms with Crippen LogP contribution in [0.5, 0.6) is 0 Å². The van der Waals surface area contributed by atoms with Crippen LogP contribution >= 0.6 is 0 Å². The fraction of sp³-hybridized carbons (Fsp3) is 0.417. The molecular formula is C24H27N3O3. The Morgan fingerprint density at radius 2 is 1.57 bits per heavy atom. The molecule has 3 aliphatic heterocycles. The van der Waals surface area contributed by atoms with Crippen LogP contribution in [0.2, 0.25) is 0 Å². The number of carbonyl (C=O) groups is 2. The molecule has 6 heteroatoms. The summed E-state index contributed by atoms with van der Waals surface area (Å²) in [6, 6.07) is 21.1. The fourth-order valence-corrected chi connectivity index (χ4v) is 5.01. The monoisotopic (exact) mass is 405 g/mol. The van der Waals surface area contributed by atoms with Gasteiger partial charge in [0.05, 0.1) is 12.1 Å². The molecule has 156 valence electrons. The maximum atomic E-state index is 13.1. The summed E-state index contributed by atoms with van der Waals surface area (Å²) in [7, 11) is 0. The summed E-state index contributed by atoms with van der Waals surface area (Å²) in [6.45, 7) is 2.83. The third-order valence-corrected chi connectivity index (χ3v) is 6.56. The van der Waals surface area contributed by atoms with Crippen LogP contribution in [0.4, 0.5) is 4.79 Å². The minimum atomic E-state index is -0.0950. The van der Waals surface area contributed by atoms with Crippen molar-refractivity contribution >= 4 is 11.9 Å². The Kier molecular flexibility index (Phi) is 5.17. The highest BCUT2D eigenvalue weighted by Crippen LogP contribution is 2.38. The second-order valence-corrected chi connectivity index (χ2v) is 8.50. The van der Waals surface area contributed by atoms with E-state index in [4.69, 9.17) is 4.74 Å². The zero-order chi connectivity index (χ0) is 20.5. The van der Waals surface area contributed by atoms with Crippen molar-refractivity contribution in [3.8, 4) is 0 Å². The molecule has 0 aromatic heterocycles. The Bertz CT molecular complexity index is 859. The molecule has 3 amide bonds. The lowest BCUT2D eigenvalue weighted by Gasteiger charge is -2.48. The first-order valence-electron chi connectivity index (χ1n) is 10.7. The van der Waals surface area contributed by atoms with Crippen LogP contribution in [0.3, 0.4) is 0 Å². The second-order valence-electron chi connectivity index (χ2n) is 8.50. The number of benzene rings is 2. The number of nitrogens with zero attached hydrogens (tertiary/aromatic N) is 2. The Labute approximate surface area is 176 Å². The van der Waals surface area contributed by atoms with Gasteiger partial charge in [-0.25, -0.2) is 4.79 Å². The van der Waals surface area contributed by atoms with Gasteiger partial charge >= 0.3 is 6.03 Å². The van der Waals surface area contributed by atoms with E-state index in [1.165, 1.54) is 11.1 Å². The van der Waals surface area contributed by atoms with Gasteiger partial charge in [0.25, 0.3) is 0 Å². The number of rotatable bonds is 3. The van der Waals surface area contributed by atoms with Crippen molar-refractivity contribution < 1.29 is 14.3 Å². The number of ether oxygens (including phenoxy) is 1. The van der Waals surface area contributed by atoms with Gasteiger partial charge in [-0.1, -0.05) is 60.7 Å². The first kappa shape index (κ1) is 19.1. The number of carbonyl (C=O) groups excluding carboxylic acids is 2. The molecule has 3 aliphatic rings. The van der Waals surface area contributed by atoms with Crippen LogP contribution in [0.25, 0.3) is 0 Å². The molecule has 5 rings (SSSR count). The highest BCUT2D eigenvalue weighted by atomic mass is 16.5. The van der Waals surface area contributed by atoms with Gasteiger partial charge in [0, 0.05) is 38.0 Å². The number of hydrogen-bond acceptors (Lipinski definition) is 3. The SMILES string of the molecule is O=C1CO[C@H]2CCN(C(=O)N3CC(C(c4ccccc4)c4ccccc4)C3)C[C@H]2N1. The summed E-state index contributed by atoms with van der Waals surface area (Å²) < 4.78 is 5.61. The Morgan fingerprint density at radius 1 is 0.933 bits per heavy atom.